The average Bonchev–Trinajstić information content (AvgIpc) is 3.11. The summed E-state index contributed by atoms with van der Waals surface area (Å²) in [5, 5.41) is 4.91. The first-order chi connectivity index (χ1) is 13.4. The smallest absolute Gasteiger partial charge is 0.263 e. The molecular weight excluding hydrogens is 354 g/mol. The molecule has 7 nitrogen and oxygen atoms in total. The van der Waals surface area contributed by atoms with Crippen molar-refractivity contribution < 1.29 is 4.74 Å². The maximum Gasteiger partial charge on any atom is 0.263 e. The lowest BCUT2D eigenvalue weighted by atomic mass is 10.00. The number of aromatic amines is 1. The third-order valence-corrected chi connectivity index (χ3v) is 5.02. The predicted octanol–water partition coefficient (Wildman–Crippen LogP) is 3.23. The van der Waals surface area contributed by atoms with Crippen molar-refractivity contribution in [2.24, 2.45) is 0 Å². The van der Waals surface area contributed by atoms with Crippen LogP contribution in [0.2, 0.25) is 0 Å². The second kappa shape index (κ2) is 6.96. The Bertz CT molecular complexity index is 1060. The summed E-state index contributed by atoms with van der Waals surface area (Å²) < 4.78 is 7.57. The second-order valence-corrected chi connectivity index (χ2v) is 8.30. The van der Waals surface area contributed by atoms with Gasteiger partial charge in [-0.1, -0.05) is 13.0 Å². The van der Waals surface area contributed by atoms with E-state index in [2.05, 4.69) is 54.8 Å². The number of benzene rings is 1. The van der Waals surface area contributed by atoms with Crippen LogP contribution in [-0.4, -0.2) is 32.9 Å². The Morgan fingerprint density at radius 3 is 2.82 bits per heavy atom. The van der Waals surface area contributed by atoms with Crippen LogP contribution in [0.25, 0.3) is 11.0 Å². The van der Waals surface area contributed by atoms with Crippen molar-refractivity contribution in [3.05, 3.63) is 45.9 Å². The molecule has 3 aromatic rings. The van der Waals surface area contributed by atoms with Crippen molar-refractivity contribution in [2.75, 3.05) is 18.1 Å². The summed E-state index contributed by atoms with van der Waals surface area (Å²) in [7, 11) is 0. The molecule has 0 saturated heterocycles. The van der Waals surface area contributed by atoms with Crippen LogP contribution < -0.4 is 15.2 Å². The lowest BCUT2D eigenvalue weighted by Gasteiger charge is -2.29. The standard InChI is InChI=1S/C21H27N5O2/c1-5-10-28-16-7-6-15-13-25(9-8-14(15)11-16)20-23-18-17(19(27)24-20)12-22-26(18)21(2,3)4/h6-7,11-12H,5,8-10,13H2,1-4H3,(H,23,24,27). The molecule has 2 aromatic heterocycles. The molecule has 4 rings (SSSR count). The number of rotatable bonds is 4. The van der Waals surface area contributed by atoms with Gasteiger partial charge in [0.15, 0.2) is 5.65 Å². The van der Waals surface area contributed by atoms with E-state index in [1.54, 1.807) is 6.20 Å². The summed E-state index contributed by atoms with van der Waals surface area (Å²) in [6.07, 6.45) is 3.48. The average molecular weight is 381 g/mol. The van der Waals surface area contributed by atoms with Gasteiger partial charge in [-0.25, -0.2) is 4.68 Å². The fraction of sp³-hybridized carbons (Fsp3) is 0.476. The van der Waals surface area contributed by atoms with Gasteiger partial charge < -0.3 is 9.64 Å². The van der Waals surface area contributed by atoms with Crippen LogP contribution in [0.4, 0.5) is 5.95 Å². The molecule has 1 N–H and O–H groups in total. The molecule has 28 heavy (non-hydrogen) atoms. The molecule has 0 spiro atoms. The molecule has 3 heterocycles. The normalized spacial score (nSPS) is 14.4. The highest BCUT2D eigenvalue weighted by atomic mass is 16.5. The van der Waals surface area contributed by atoms with Gasteiger partial charge in [0.2, 0.25) is 5.95 Å². The molecule has 0 unspecified atom stereocenters. The number of nitrogens with zero attached hydrogens (tertiary/aromatic N) is 4. The van der Waals surface area contributed by atoms with E-state index in [1.807, 2.05) is 10.7 Å². The van der Waals surface area contributed by atoms with Crippen LogP contribution in [0.3, 0.4) is 0 Å². The van der Waals surface area contributed by atoms with Crippen LogP contribution in [0.1, 0.15) is 45.2 Å². The van der Waals surface area contributed by atoms with E-state index < -0.39 is 0 Å². The summed E-state index contributed by atoms with van der Waals surface area (Å²) >= 11 is 0. The zero-order valence-electron chi connectivity index (χ0n) is 17.0. The van der Waals surface area contributed by atoms with Crippen LogP contribution in [0.15, 0.2) is 29.2 Å². The highest BCUT2D eigenvalue weighted by Gasteiger charge is 2.23. The van der Waals surface area contributed by atoms with Crippen LogP contribution in [-0.2, 0) is 18.5 Å². The minimum absolute atomic E-state index is 0.149. The van der Waals surface area contributed by atoms with Crippen molar-refractivity contribution in [1.29, 1.82) is 0 Å². The molecule has 0 radical (unpaired) electrons. The molecular formula is C21H27N5O2. The zero-order chi connectivity index (χ0) is 19.9. The molecule has 1 aliphatic heterocycles. The first-order valence-electron chi connectivity index (χ1n) is 9.85. The van der Waals surface area contributed by atoms with Crippen molar-refractivity contribution in [3.8, 4) is 5.75 Å². The molecule has 0 amide bonds. The highest BCUT2D eigenvalue weighted by molar-refractivity contribution is 5.74. The van der Waals surface area contributed by atoms with E-state index in [1.165, 1.54) is 11.1 Å². The maximum absolute atomic E-state index is 12.6. The van der Waals surface area contributed by atoms with Crippen molar-refractivity contribution >= 4 is 17.0 Å². The topological polar surface area (TPSA) is 76.0 Å². The van der Waals surface area contributed by atoms with Crippen LogP contribution >= 0.6 is 0 Å². The molecule has 148 valence electrons. The third kappa shape index (κ3) is 3.37. The van der Waals surface area contributed by atoms with Crippen molar-refractivity contribution in [2.45, 2.75) is 52.6 Å². The van der Waals surface area contributed by atoms with Gasteiger partial charge in [-0.2, -0.15) is 10.1 Å². The van der Waals surface area contributed by atoms with Gasteiger partial charge in [0.05, 0.1) is 18.3 Å². The molecule has 0 bridgehead atoms. The second-order valence-electron chi connectivity index (χ2n) is 8.30. The molecule has 0 saturated carbocycles. The lowest BCUT2D eigenvalue weighted by Crippen LogP contribution is -2.33. The molecule has 0 atom stereocenters. The van der Waals surface area contributed by atoms with E-state index in [-0.39, 0.29) is 11.1 Å². The summed E-state index contributed by atoms with van der Waals surface area (Å²) in [6, 6.07) is 6.27. The number of hydrogen-bond donors (Lipinski definition) is 1. The van der Waals surface area contributed by atoms with Gasteiger partial charge in [0.25, 0.3) is 5.56 Å². The minimum Gasteiger partial charge on any atom is -0.494 e. The highest BCUT2D eigenvalue weighted by Crippen LogP contribution is 2.27. The molecule has 1 aliphatic rings. The van der Waals surface area contributed by atoms with Gasteiger partial charge in [0.1, 0.15) is 11.1 Å². The molecule has 0 aliphatic carbocycles. The molecule has 7 heteroatoms. The van der Waals surface area contributed by atoms with E-state index in [4.69, 9.17) is 9.72 Å². The largest absolute Gasteiger partial charge is 0.494 e. The summed E-state index contributed by atoms with van der Waals surface area (Å²) in [4.78, 5) is 22.4. The van der Waals surface area contributed by atoms with Crippen molar-refractivity contribution in [1.82, 2.24) is 19.7 Å². The van der Waals surface area contributed by atoms with E-state index in [0.29, 0.717) is 23.5 Å². The number of nitrogens with one attached hydrogen (secondary N) is 1. The fourth-order valence-corrected chi connectivity index (χ4v) is 3.57. The van der Waals surface area contributed by atoms with Gasteiger partial charge in [-0.15, -0.1) is 0 Å². The number of anilines is 1. The number of hydrogen-bond acceptors (Lipinski definition) is 5. The lowest BCUT2D eigenvalue weighted by molar-refractivity contribution is 0.317. The predicted molar refractivity (Wildman–Crippen MR) is 110 cm³/mol. The Morgan fingerprint density at radius 2 is 2.07 bits per heavy atom. The van der Waals surface area contributed by atoms with Crippen LogP contribution in [0, 0.1) is 0 Å². The Kier molecular flexibility index (Phi) is 4.61. The minimum atomic E-state index is -0.247. The Morgan fingerprint density at radius 1 is 1.25 bits per heavy atom. The molecule has 0 fully saturated rings. The van der Waals surface area contributed by atoms with Gasteiger partial charge in [-0.3, -0.25) is 9.78 Å². The van der Waals surface area contributed by atoms with Gasteiger partial charge >= 0.3 is 0 Å². The third-order valence-electron chi connectivity index (χ3n) is 5.02. The summed E-state index contributed by atoms with van der Waals surface area (Å²) in [6.45, 7) is 10.5. The van der Waals surface area contributed by atoms with E-state index in [9.17, 15) is 4.79 Å². The Balaban J connectivity index is 1.65. The zero-order valence-corrected chi connectivity index (χ0v) is 17.0. The quantitative estimate of drug-likeness (QED) is 0.751. The summed E-state index contributed by atoms with van der Waals surface area (Å²) in [5.74, 6) is 1.52. The van der Waals surface area contributed by atoms with Gasteiger partial charge in [0, 0.05) is 13.1 Å². The summed E-state index contributed by atoms with van der Waals surface area (Å²) in [5.41, 5.74) is 2.77. The molecule has 1 aromatic carbocycles. The fourth-order valence-electron chi connectivity index (χ4n) is 3.57. The number of aromatic nitrogens is 4. The monoisotopic (exact) mass is 381 g/mol. The maximum atomic E-state index is 12.6. The number of ether oxygens (including phenoxy) is 1. The van der Waals surface area contributed by atoms with E-state index >= 15 is 0 Å². The van der Waals surface area contributed by atoms with E-state index in [0.717, 1.165) is 31.7 Å². The van der Waals surface area contributed by atoms with Gasteiger partial charge in [-0.05, 0) is 56.9 Å². The first-order valence-corrected chi connectivity index (χ1v) is 9.85. The number of fused-ring (bicyclic) bond motifs is 2. The number of H-pyrrole nitrogens is 1. The Labute approximate surface area is 164 Å². The van der Waals surface area contributed by atoms with Crippen molar-refractivity contribution in [3.63, 3.8) is 0 Å². The first kappa shape index (κ1) is 18.5. The van der Waals surface area contributed by atoms with Crippen LogP contribution in [0.5, 0.6) is 5.75 Å². The Hall–Kier alpha value is -2.83. The SMILES string of the molecule is CCCOc1ccc2c(c1)CCN(c1nc3c(cnn3C(C)(C)C)c(=O)[nH]1)C2.